The van der Waals surface area contributed by atoms with Crippen molar-refractivity contribution in [3.8, 4) is 0 Å². The first-order chi connectivity index (χ1) is 10.8. The zero-order valence-electron chi connectivity index (χ0n) is 14.6. The molecule has 3 nitrogen and oxygen atoms in total. The summed E-state index contributed by atoms with van der Waals surface area (Å²) in [7, 11) is 0. The monoisotopic (exact) mass is 316 g/mol. The lowest BCUT2D eigenvalue weighted by atomic mass is 9.55. The van der Waals surface area contributed by atoms with Gasteiger partial charge in [0, 0.05) is 25.2 Å². The van der Waals surface area contributed by atoms with Crippen molar-refractivity contribution in [2.24, 2.45) is 28.6 Å². The minimum atomic E-state index is -0.163. The summed E-state index contributed by atoms with van der Waals surface area (Å²) in [6, 6.07) is 0. The molecule has 4 aliphatic rings. The van der Waals surface area contributed by atoms with Crippen LogP contribution in [0.1, 0.15) is 65.7 Å². The molecule has 0 aromatic carbocycles. The molecular formula is C20H28O3. The molecule has 0 aliphatic heterocycles. The van der Waals surface area contributed by atoms with E-state index in [4.69, 9.17) is 4.74 Å². The van der Waals surface area contributed by atoms with Crippen LogP contribution in [0.2, 0.25) is 0 Å². The summed E-state index contributed by atoms with van der Waals surface area (Å²) in [6.07, 6.45) is 9.67. The largest absolute Gasteiger partial charge is 0.462 e. The molecule has 6 atom stereocenters. The van der Waals surface area contributed by atoms with Crippen LogP contribution in [0.15, 0.2) is 11.6 Å². The van der Waals surface area contributed by atoms with Gasteiger partial charge in [-0.25, -0.2) is 0 Å². The Morgan fingerprint density at radius 1 is 1.13 bits per heavy atom. The summed E-state index contributed by atoms with van der Waals surface area (Å²) in [6.45, 7) is 6.15. The van der Waals surface area contributed by atoms with Crippen molar-refractivity contribution >= 4 is 11.8 Å². The van der Waals surface area contributed by atoms with E-state index in [1.54, 1.807) is 0 Å². The average Bonchev–Trinajstić information content (AvgIpc) is 2.94. The van der Waals surface area contributed by atoms with E-state index in [1.165, 1.54) is 18.9 Å². The molecule has 3 heteroatoms. The van der Waals surface area contributed by atoms with Crippen molar-refractivity contribution in [3.63, 3.8) is 0 Å². The van der Waals surface area contributed by atoms with E-state index in [1.807, 2.05) is 0 Å². The van der Waals surface area contributed by atoms with Crippen LogP contribution < -0.4 is 0 Å². The van der Waals surface area contributed by atoms with E-state index in [9.17, 15) is 9.59 Å². The number of carbonyl (C=O) groups is 2. The van der Waals surface area contributed by atoms with Crippen molar-refractivity contribution in [2.75, 3.05) is 0 Å². The van der Waals surface area contributed by atoms with E-state index >= 15 is 0 Å². The van der Waals surface area contributed by atoms with Gasteiger partial charge in [0.05, 0.1) is 0 Å². The van der Waals surface area contributed by atoms with Gasteiger partial charge in [-0.15, -0.1) is 0 Å². The number of ether oxygens (including phenoxy) is 1. The molecule has 4 rings (SSSR count). The van der Waals surface area contributed by atoms with Crippen molar-refractivity contribution in [1.82, 2.24) is 0 Å². The molecular weight excluding hydrogens is 288 g/mol. The van der Waals surface area contributed by atoms with Crippen molar-refractivity contribution < 1.29 is 14.3 Å². The fourth-order valence-corrected chi connectivity index (χ4v) is 6.39. The Hall–Kier alpha value is -1.12. The van der Waals surface area contributed by atoms with Crippen molar-refractivity contribution in [1.29, 1.82) is 0 Å². The van der Waals surface area contributed by atoms with Gasteiger partial charge in [0.1, 0.15) is 11.9 Å². The van der Waals surface area contributed by atoms with Gasteiger partial charge in [-0.1, -0.05) is 25.5 Å². The summed E-state index contributed by atoms with van der Waals surface area (Å²) in [4.78, 5) is 23.7. The number of Topliss-reactive ketones (excluding diaryl/α,β-unsaturated/α-hetero) is 1. The maximum atomic E-state index is 12.4. The molecule has 3 saturated carbocycles. The Balaban J connectivity index is 1.62. The maximum absolute atomic E-state index is 12.4. The molecule has 126 valence electrons. The van der Waals surface area contributed by atoms with E-state index in [0.29, 0.717) is 23.5 Å². The molecule has 4 aliphatic carbocycles. The molecule has 0 aromatic rings. The molecule has 0 radical (unpaired) electrons. The SMILES string of the molecule is CC(=O)O[C@H]1CC[C@]2(C)C(=C[C@H]3[C@H]4CCC(=O)[C@]4(C)CC[C@H]32)C1. The number of hydrogen-bond acceptors (Lipinski definition) is 3. The maximum Gasteiger partial charge on any atom is 0.302 e. The van der Waals surface area contributed by atoms with Gasteiger partial charge in [0.2, 0.25) is 0 Å². The van der Waals surface area contributed by atoms with Crippen LogP contribution in [0.25, 0.3) is 0 Å². The molecule has 23 heavy (non-hydrogen) atoms. The standard InChI is InChI=1S/C20H28O3/c1-12(21)23-14-6-8-19(2)13(10-14)11-15-16-4-5-18(22)20(16,3)9-7-17(15)19/h11,14-17H,4-10H2,1-3H3/t14-,15-,16+,17+,19+,20+/m0/s1. The predicted octanol–water partition coefficient (Wildman–Crippen LogP) is 4.06. The zero-order valence-corrected chi connectivity index (χ0v) is 14.6. The molecule has 0 saturated heterocycles. The third-order valence-electron chi connectivity index (χ3n) is 7.75. The van der Waals surface area contributed by atoms with E-state index in [0.717, 1.165) is 38.5 Å². The first-order valence-electron chi connectivity index (χ1n) is 9.26. The number of esters is 1. The molecule has 0 heterocycles. The van der Waals surface area contributed by atoms with Gasteiger partial charge in [0.15, 0.2) is 0 Å². The van der Waals surface area contributed by atoms with Crippen LogP contribution in [0.4, 0.5) is 0 Å². The highest BCUT2D eigenvalue weighted by Crippen LogP contribution is 2.65. The van der Waals surface area contributed by atoms with Crippen molar-refractivity contribution in [3.05, 3.63) is 11.6 Å². The summed E-state index contributed by atoms with van der Waals surface area (Å²) in [5, 5.41) is 0. The molecule has 0 amide bonds. The van der Waals surface area contributed by atoms with Gasteiger partial charge in [-0.3, -0.25) is 9.59 Å². The first-order valence-corrected chi connectivity index (χ1v) is 9.26. The summed E-state index contributed by atoms with van der Waals surface area (Å²) in [5.41, 5.74) is 1.71. The quantitative estimate of drug-likeness (QED) is 0.541. The molecule has 0 N–H and O–H groups in total. The van der Waals surface area contributed by atoms with Crippen molar-refractivity contribution in [2.45, 2.75) is 71.8 Å². The van der Waals surface area contributed by atoms with Gasteiger partial charge < -0.3 is 4.74 Å². The highest BCUT2D eigenvalue weighted by molar-refractivity contribution is 5.87. The second-order valence-corrected chi connectivity index (χ2v) is 8.79. The zero-order chi connectivity index (χ0) is 16.4. The van der Waals surface area contributed by atoms with Crippen LogP contribution in [-0.2, 0) is 14.3 Å². The average molecular weight is 316 g/mol. The lowest BCUT2D eigenvalue weighted by Crippen LogP contribution is -2.44. The minimum Gasteiger partial charge on any atom is -0.462 e. The predicted molar refractivity (Wildman–Crippen MR) is 87.6 cm³/mol. The van der Waals surface area contributed by atoms with Gasteiger partial charge in [-0.05, 0) is 55.3 Å². The first kappa shape index (κ1) is 15.4. The Bertz CT molecular complexity index is 592. The fourth-order valence-electron chi connectivity index (χ4n) is 6.39. The van der Waals surface area contributed by atoms with E-state index in [-0.39, 0.29) is 22.9 Å². The van der Waals surface area contributed by atoms with E-state index < -0.39 is 0 Å². The molecule has 0 spiro atoms. The number of hydrogen-bond donors (Lipinski definition) is 0. The molecule has 0 unspecified atom stereocenters. The Kier molecular flexibility index (Phi) is 3.31. The third kappa shape index (κ3) is 2.08. The number of allylic oxidation sites excluding steroid dienone is 1. The Morgan fingerprint density at radius 2 is 1.83 bits per heavy atom. The number of rotatable bonds is 1. The van der Waals surface area contributed by atoms with Crippen LogP contribution in [0.3, 0.4) is 0 Å². The Morgan fingerprint density at radius 3 is 2.57 bits per heavy atom. The second-order valence-electron chi connectivity index (χ2n) is 8.79. The molecule has 0 aromatic heterocycles. The number of carbonyl (C=O) groups excluding carboxylic acids is 2. The van der Waals surface area contributed by atoms with Gasteiger partial charge >= 0.3 is 5.97 Å². The highest BCUT2D eigenvalue weighted by Gasteiger charge is 2.59. The lowest BCUT2D eigenvalue weighted by Gasteiger charge is -2.49. The number of fused-ring (bicyclic) bond motifs is 5. The Labute approximate surface area is 138 Å². The van der Waals surface area contributed by atoms with E-state index in [2.05, 4.69) is 19.9 Å². The highest BCUT2D eigenvalue weighted by atomic mass is 16.5. The normalized spacial score (nSPS) is 48.3. The van der Waals surface area contributed by atoms with Crippen LogP contribution >= 0.6 is 0 Å². The second kappa shape index (κ2) is 4.94. The van der Waals surface area contributed by atoms with Crippen LogP contribution in [-0.4, -0.2) is 17.9 Å². The number of ketones is 1. The molecule has 0 bridgehead atoms. The topological polar surface area (TPSA) is 43.4 Å². The van der Waals surface area contributed by atoms with Gasteiger partial charge in [-0.2, -0.15) is 0 Å². The third-order valence-corrected chi connectivity index (χ3v) is 7.75. The smallest absolute Gasteiger partial charge is 0.302 e. The fraction of sp³-hybridized carbons (Fsp3) is 0.800. The molecule has 3 fully saturated rings. The van der Waals surface area contributed by atoms with Crippen LogP contribution in [0, 0.1) is 28.6 Å². The van der Waals surface area contributed by atoms with Gasteiger partial charge in [0.25, 0.3) is 0 Å². The minimum absolute atomic E-state index is 0.0589. The summed E-state index contributed by atoms with van der Waals surface area (Å²) in [5.74, 6) is 2.13. The summed E-state index contributed by atoms with van der Waals surface area (Å²) >= 11 is 0. The summed E-state index contributed by atoms with van der Waals surface area (Å²) < 4.78 is 5.49. The van der Waals surface area contributed by atoms with Crippen LogP contribution in [0.5, 0.6) is 0 Å². The lowest BCUT2D eigenvalue weighted by molar-refractivity contribution is -0.148.